The van der Waals surface area contributed by atoms with Gasteiger partial charge in [0.15, 0.2) is 48.4 Å². The Hall–Kier alpha value is -8.77. The molecule has 0 bridgehead atoms. The van der Waals surface area contributed by atoms with Crippen LogP contribution in [0, 0.1) is 13.8 Å². The number of nitrogens with one attached hydrogen (secondary N) is 1. The minimum absolute atomic E-state index is 0. The summed E-state index contributed by atoms with van der Waals surface area (Å²) in [5, 5.41) is 21.3. The summed E-state index contributed by atoms with van der Waals surface area (Å²) in [6.45, 7) is 31.9. The van der Waals surface area contributed by atoms with Crippen LogP contribution in [0.15, 0.2) is 211 Å². The third-order valence-corrected chi connectivity index (χ3v) is 25.4. The predicted molar refractivity (Wildman–Crippen MR) is 577 cm³/mol. The molecule has 0 spiro atoms. The maximum Gasteiger partial charge on any atom is 1.00 e. The van der Waals surface area contributed by atoms with Crippen molar-refractivity contribution in [1.82, 2.24) is 63.4 Å². The second-order valence-corrected chi connectivity index (χ2v) is 40.7. The number of likely N-dealkylation sites (tertiary alicyclic amines) is 3. The normalized spacial score (nSPS) is 13.3. The van der Waals surface area contributed by atoms with E-state index in [1.165, 1.54) is 103 Å². The van der Waals surface area contributed by atoms with E-state index in [9.17, 15) is 45.6 Å². The van der Waals surface area contributed by atoms with E-state index < -0.39 is 42.7 Å². The SMILES string of the molecule is C1CCCCC1.CC.CC.CC.CC.CC(=O)c1ncc(Br)cc1C.CC(=O)c1ncc(Br)cc1CBr.CC(=O)c1ncc(Br)cc1CN1CCCCC1.CS(=O)(=O)c1cnc(C(=O)Nc2ccc(-c3cn4ccccc4n3)cc2)c(CN2CCCCC2)c1.CS(=O)(=O)c1cnc(C(=O)O)c(CN2CCCCC2)c1.CS(=O)[O-].Cc1cc(Br)cnc1C(=O)O.Nc1ccc(-c2cn3ccccc3n2)cc1.[Na+]. The number of nitrogen functional groups attached to an aromatic ring is 1. The van der Waals surface area contributed by atoms with Gasteiger partial charge in [-0.15, -0.1) is 0 Å². The van der Waals surface area contributed by atoms with Gasteiger partial charge in [0.1, 0.15) is 34.1 Å². The van der Waals surface area contributed by atoms with Crippen LogP contribution in [0.25, 0.3) is 33.8 Å². The number of hydrogen-bond acceptors (Lipinski definition) is 24. The Kier molecular flexibility index (Phi) is 60.7. The number of hydrogen-bond donors (Lipinski definition) is 4. The molecule has 10 aromatic heterocycles. The van der Waals surface area contributed by atoms with Gasteiger partial charge in [-0.1, -0.05) is 177 Å². The molecule has 4 fully saturated rings. The minimum Gasteiger partial charge on any atom is -0.773 e. The molecule has 38 heteroatoms. The summed E-state index contributed by atoms with van der Waals surface area (Å²) < 4.78 is 72.8. The zero-order valence-corrected chi connectivity index (χ0v) is 96.2. The fourth-order valence-electron chi connectivity index (χ4n) is 14.4. The molecule has 16 rings (SSSR count). The Labute approximate surface area is 898 Å². The van der Waals surface area contributed by atoms with Gasteiger partial charge in [0, 0.05) is 166 Å². The fraction of sp³-hybridized carbons (Fsp3) is 0.398. The zero-order chi connectivity index (χ0) is 104. The van der Waals surface area contributed by atoms with Crippen LogP contribution in [-0.2, 0) is 55.7 Å². The van der Waals surface area contributed by atoms with E-state index in [1.807, 2.05) is 199 Å². The first kappa shape index (κ1) is 126. The molecule has 1 aliphatic carbocycles. The second-order valence-electron chi connectivity index (χ2n) is 31.6. The molecule has 1 saturated carbocycles. The first-order chi connectivity index (χ1) is 66.8. The number of carbonyl (C=O) groups excluding carboxylic acids is 4. The number of benzene rings is 2. The van der Waals surface area contributed by atoms with Gasteiger partial charge in [-0.2, -0.15) is 0 Å². The molecule has 3 aliphatic heterocycles. The summed E-state index contributed by atoms with van der Waals surface area (Å²) >= 11 is 14.6. The molecule has 12 aromatic rings. The van der Waals surface area contributed by atoms with Crippen LogP contribution >= 0.6 is 79.6 Å². The Morgan fingerprint density at radius 2 is 0.723 bits per heavy atom. The number of imidazole rings is 2. The van der Waals surface area contributed by atoms with Crippen LogP contribution in [0.1, 0.15) is 269 Å². The third kappa shape index (κ3) is 45.6. The molecule has 3 saturated heterocycles. The number of nitrogens with two attached hydrogens (primary N) is 1. The first-order valence-corrected chi connectivity index (χ1v) is 56.2. The van der Waals surface area contributed by atoms with E-state index >= 15 is 0 Å². The van der Waals surface area contributed by atoms with Crippen molar-refractivity contribution in [2.24, 2.45) is 0 Å². The van der Waals surface area contributed by atoms with Crippen molar-refractivity contribution in [3.63, 3.8) is 0 Å². The van der Waals surface area contributed by atoms with Crippen molar-refractivity contribution in [3.8, 4) is 22.5 Å². The molecule has 5 N–H and O–H groups in total. The van der Waals surface area contributed by atoms with Crippen LogP contribution in [0.5, 0.6) is 0 Å². The quantitative estimate of drug-likeness (QED) is 0.0204. The van der Waals surface area contributed by atoms with Crippen LogP contribution in [0.3, 0.4) is 0 Å². The van der Waals surface area contributed by atoms with Crippen molar-refractivity contribution in [1.29, 1.82) is 0 Å². The van der Waals surface area contributed by atoms with E-state index in [0.717, 1.165) is 171 Å². The van der Waals surface area contributed by atoms with Gasteiger partial charge in [-0.3, -0.25) is 53.0 Å². The number of carboxylic acids is 2. The van der Waals surface area contributed by atoms with Gasteiger partial charge in [-0.05, 0) is 274 Å². The average Bonchev–Trinajstić information content (AvgIpc) is 1.77. The number of rotatable bonds is 18. The topological polar surface area (TPSA) is 411 Å². The molecule has 1 amide bonds. The molecular weight excluding hydrogens is 2190 g/mol. The van der Waals surface area contributed by atoms with Crippen LogP contribution in [0.4, 0.5) is 11.4 Å². The smallest absolute Gasteiger partial charge is 0.773 e. The molecule has 0 radical (unpaired) electrons. The standard InChI is InChI=1S/C26H27N5O3S.C13H17BrN2O.C13H11N3.C13H18N2O4S.C8H7Br2NO.C8H8BrNO.C7H6BrNO2.C6H12.4C2H6.CH4O2S.Na/c1-35(33,34)22-15-20(17-30-12-4-2-5-13-30)25(27-16-22)26(32)28-21-10-8-19(9-11-21)23-18-31-14-6-3-7-24(31)29-23;1-10(17)13-11(7-12(14)8-15-13)9-16-5-3-2-4-6-16;14-11-6-4-10(5-7-11)12-9-16-8-2-1-3-13(16)15-12;1-20(18,19)11-7-10(12(13(16)17)14-8-11)9-15-5-3-2-4-6-15;1-5(12)8-6(3-9)2-7(10)4-11-8;1-5-3-7(9)4-10-8(5)6(2)11;1-4-2-5(8)3-9-6(4)7(10)11;1-2-4-6-5-3-1;4*1-2;1-4(2)3;/h3,6-11,14-16,18H,2,4-5,12-13,17H2,1H3,(H,28,32);7-8H,2-6,9H2,1H3;1-9H,14H2;7-8H,2-6,9H2,1H3,(H,16,17);2,4H,3H2,1H3;3-4H,1-2H3;2-3H,1H3,(H,10,11);1-6H2;4*1-2H3;1H3,(H,2,3);/q;;;;;;;;;;;;;+1/p-1. The number of aromatic nitrogens is 10. The van der Waals surface area contributed by atoms with Gasteiger partial charge in [0.25, 0.3) is 5.91 Å². The molecule has 141 heavy (non-hydrogen) atoms. The number of ketones is 3. The molecule has 758 valence electrons. The van der Waals surface area contributed by atoms with E-state index in [0.29, 0.717) is 57.9 Å². The second kappa shape index (κ2) is 67.8. The summed E-state index contributed by atoms with van der Waals surface area (Å²) in [5.74, 6) is -2.43. The molecule has 2 aromatic carbocycles. The summed E-state index contributed by atoms with van der Waals surface area (Å²) in [5.41, 5.74) is 19.3. The largest absolute Gasteiger partial charge is 1.00 e. The van der Waals surface area contributed by atoms with Crippen molar-refractivity contribution in [2.45, 2.75) is 221 Å². The van der Waals surface area contributed by atoms with E-state index in [-0.39, 0.29) is 79.7 Å². The number of aryl methyl sites for hydroxylation is 2. The zero-order valence-electron chi connectivity index (χ0n) is 83.8. The third-order valence-electron chi connectivity index (χ3n) is 20.9. The van der Waals surface area contributed by atoms with Gasteiger partial charge in [0.2, 0.25) is 0 Å². The van der Waals surface area contributed by atoms with Crippen molar-refractivity contribution in [3.05, 3.63) is 269 Å². The van der Waals surface area contributed by atoms with Crippen LogP contribution < -0.4 is 40.6 Å². The Balaban J connectivity index is 0.000000425. The Morgan fingerprint density at radius 3 is 1.06 bits per heavy atom. The maximum atomic E-state index is 13.2. The van der Waals surface area contributed by atoms with Crippen molar-refractivity contribution < 1.29 is 94.1 Å². The number of anilines is 2. The average molecular weight is 2320 g/mol. The number of sulfone groups is 2. The number of amides is 1. The number of carboxylic acid groups (broad SMARTS) is 2. The van der Waals surface area contributed by atoms with Gasteiger partial charge >= 0.3 is 41.5 Å². The summed E-state index contributed by atoms with van der Waals surface area (Å²) in [7, 11) is -6.81. The van der Waals surface area contributed by atoms with Crippen LogP contribution in [0.2, 0.25) is 0 Å². The molecule has 4 aliphatic rings. The maximum absolute atomic E-state index is 13.2. The number of halogens is 5. The van der Waals surface area contributed by atoms with Gasteiger partial charge in [0.05, 0.1) is 21.2 Å². The van der Waals surface area contributed by atoms with Gasteiger partial charge < -0.3 is 34.6 Å². The molecule has 13 heterocycles. The van der Waals surface area contributed by atoms with E-state index in [2.05, 4.69) is 140 Å². The van der Waals surface area contributed by atoms with E-state index in [1.54, 1.807) is 44.6 Å². The number of aromatic carboxylic acids is 2. The number of nitrogens with zero attached hydrogens (tertiary/aromatic N) is 13. The number of fused-ring (bicyclic) bond motifs is 2. The van der Waals surface area contributed by atoms with Gasteiger partial charge in [-0.25, -0.2) is 51.3 Å². The van der Waals surface area contributed by atoms with Crippen molar-refractivity contribution in [2.75, 3.05) is 69.1 Å². The monoisotopic (exact) mass is 2320 g/mol. The number of carbonyl (C=O) groups is 6. The summed E-state index contributed by atoms with van der Waals surface area (Å²) in [6.07, 6.45) is 39.6. The Morgan fingerprint density at radius 1 is 0.426 bits per heavy atom. The predicted octanol–water partition coefficient (Wildman–Crippen LogP) is 20.9. The van der Waals surface area contributed by atoms with E-state index in [4.69, 9.17) is 24.7 Å². The molecule has 1 unspecified atom stereocenters. The summed E-state index contributed by atoms with van der Waals surface area (Å²) in [4.78, 5) is 108. The fourth-order valence-corrected chi connectivity index (χ4v) is 17.6. The first-order valence-electron chi connectivity index (χ1n) is 46.6. The van der Waals surface area contributed by atoms with Crippen LogP contribution in [-0.4, -0.2) is 192 Å². The molecular formula is C103H133Br5N15NaO14S3. The molecule has 1 atom stereocenters. The number of piperidine rings is 3. The Bertz CT molecular complexity index is 6040. The summed E-state index contributed by atoms with van der Waals surface area (Å²) in [6, 6.07) is 37.5. The number of pyridine rings is 8. The number of alkyl halides is 1. The number of Topliss-reactive ketones (excluding diaryl/α,β-unsaturated/α-hetero) is 3. The van der Waals surface area contributed by atoms with Crippen molar-refractivity contribution >= 4 is 168 Å². The molecule has 29 nitrogen and oxygen atoms in total. The minimum atomic E-state index is -3.43.